The van der Waals surface area contributed by atoms with Gasteiger partial charge in [0.2, 0.25) is 0 Å². The second-order valence-electron chi connectivity index (χ2n) is 9.40. The van der Waals surface area contributed by atoms with Gasteiger partial charge in [-0.3, -0.25) is 9.69 Å². The highest BCUT2D eigenvalue weighted by Gasteiger charge is 2.41. The van der Waals surface area contributed by atoms with Crippen molar-refractivity contribution in [2.75, 3.05) is 24.8 Å². The van der Waals surface area contributed by atoms with Crippen molar-refractivity contribution in [3.8, 4) is 5.75 Å². The summed E-state index contributed by atoms with van der Waals surface area (Å²) >= 11 is 14.7. The number of hydrogen-bond donors (Lipinski definition) is 3. The summed E-state index contributed by atoms with van der Waals surface area (Å²) in [5.41, 5.74) is 12.6. The smallest absolute Gasteiger partial charge is 0.330 e. The topological polar surface area (TPSA) is 108 Å². The molecule has 5 rings (SSSR count). The van der Waals surface area contributed by atoms with Crippen LogP contribution in [-0.4, -0.2) is 63.1 Å². The van der Waals surface area contributed by atoms with Gasteiger partial charge in [-0.05, 0) is 67.1 Å². The Bertz CT molecular complexity index is 1120. The minimum absolute atomic E-state index is 0.140. The van der Waals surface area contributed by atoms with Gasteiger partial charge in [0.1, 0.15) is 11.8 Å². The van der Waals surface area contributed by atoms with Gasteiger partial charge in [0.25, 0.3) is 0 Å². The quantitative estimate of drug-likeness (QED) is 0.240. The van der Waals surface area contributed by atoms with Crippen LogP contribution in [0.3, 0.4) is 0 Å². The number of carboxylic acid groups (broad SMARTS) is 1. The molecule has 8 nitrogen and oxygen atoms in total. The second-order valence-corrected chi connectivity index (χ2v) is 11.5. The second kappa shape index (κ2) is 12.2. The lowest BCUT2D eigenvalue weighted by molar-refractivity contribution is -0.141. The first-order valence-corrected chi connectivity index (χ1v) is 14.3. The summed E-state index contributed by atoms with van der Waals surface area (Å²) in [7, 11) is 0. The highest BCUT2D eigenvalue weighted by Crippen LogP contribution is 2.35. The molecule has 0 aliphatic carbocycles. The number of anilines is 1. The lowest BCUT2D eigenvalue weighted by Crippen LogP contribution is -2.59. The largest absolute Gasteiger partial charge is 0.481 e. The molecule has 0 aromatic heterocycles. The molecule has 5 atom stereocenters. The summed E-state index contributed by atoms with van der Waals surface area (Å²) in [6.45, 7) is 3.80. The van der Waals surface area contributed by atoms with Crippen LogP contribution >= 0.6 is 35.0 Å². The summed E-state index contributed by atoms with van der Waals surface area (Å²) in [4.78, 5) is 26.5. The van der Waals surface area contributed by atoms with Crippen LogP contribution in [0.15, 0.2) is 42.5 Å². The number of aliphatic carboxylic acids is 1. The third-order valence-electron chi connectivity index (χ3n) is 6.98. The molecule has 0 saturated carbocycles. The number of rotatable bonds is 8. The van der Waals surface area contributed by atoms with Crippen LogP contribution in [0.4, 0.5) is 5.69 Å². The van der Waals surface area contributed by atoms with E-state index in [1.807, 2.05) is 41.6 Å². The average Bonchev–Trinajstić information content (AvgIpc) is 3.35. The van der Waals surface area contributed by atoms with Gasteiger partial charge < -0.3 is 21.0 Å². The maximum Gasteiger partial charge on any atom is 0.330 e. The maximum atomic E-state index is 13.0. The molecular formula is C26H32Cl2N4O4S. The minimum atomic E-state index is -1.00. The molecule has 0 amide bonds. The Morgan fingerprint density at radius 2 is 2.03 bits per heavy atom. The van der Waals surface area contributed by atoms with Crippen molar-refractivity contribution >= 4 is 52.6 Å². The number of likely N-dealkylation sites (tertiary alicyclic amines) is 1. The Labute approximate surface area is 231 Å². The fourth-order valence-corrected chi connectivity index (χ4v) is 6.00. The standard InChI is InChI=1S/C26H32Cl2N4O4S/c1-3-21-15-4-7-19(8-5-15)36-26(35)22(29)23(24(28)37-2)32(21)30-18-6-9-20(27)17(12-18)14-31-11-10-16(13-31)25(33)34/h4-9,12,16,21-24,30H,3,10-11,13-14,29H2,1-2H3,(H,33,34)/t16-,21-,22-,23-,24+/m1/s1. The Hall–Kier alpha value is -2.01. The predicted molar refractivity (Wildman–Crippen MR) is 148 cm³/mol. The molecule has 1 saturated heterocycles. The number of nitrogens with one attached hydrogen (secondary N) is 1. The average molecular weight is 568 g/mol. The predicted octanol–water partition coefficient (Wildman–Crippen LogP) is 4.57. The molecule has 3 heterocycles. The van der Waals surface area contributed by atoms with Crippen LogP contribution in [0.5, 0.6) is 5.75 Å². The summed E-state index contributed by atoms with van der Waals surface area (Å²) in [6, 6.07) is 11.3. The number of ether oxygens (including phenoxy) is 1. The Kier molecular flexibility index (Phi) is 9.26. The van der Waals surface area contributed by atoms with Crippen molar-refractivity contribution in [2.24, 2.45) is 11.7 Å². The number of hydrogen-bond acceptors (Lipinski definition) is 8. The first-order chi connectivity index (χ1) is 17.7. The Morgan fingerprint density at radius 1 is 1.30 bits per heavy atom. The van der Waals surface area contributed by atoms with E-state index in [1.54, 1.807) is 12.1 Å². The number of carbonyl (C=O) groups is 2. The third kappa shape index (κ3) is 6.35. The van der Waals surface area contributed by atoms with Crippen molar-refractivity contribution in [3.63, 3.8) is 0 Å². The number of carbonyl (C=O) groups excluding carboxylic acids is 1. The summed E-state index contributed by atoms with van der Waals surface area (Å²) in [6.07, 6.45) is 3.23. The first-order valence-electron chi connectivity index (χ1n) is 12.2. The molecule has 2 aromatic rings. The highest BCUT2D eigenvalue weighted by atomic mass is 35.5. The van der Waals surface area contributed by atoms with Gasteiger partial charge in [0.05, 0.1) is 22.7 Å². The van der Waals surface area contributed by atoms with Crippen LogP contribution < -0.4 is 15.9 Å². The molecular weight excluding hydrogens is 535 g/mol. The molecule has 0 radical (unpaired) electrons. The summed E-state index contributed by atoms with van der Waals surface area (Å²) in [5.74, 6) is -1.24. The summed E-state index contributed by atoms with van der Waals surface area (Å²) < 4.78 is 5.02. The fourth-order valence-electron chi connectivity index (χ4n) is 4.97. The van der Waals surface area contributed by atoms with Gasteiger partial charge >= 0.3 is 11.9 Å². The SMILES string of the molecule is CC[C@@H]1c2ccc(cc2)OC(=O)[C@H](N)[C@H]([C@@H](Cl)SC)N1Nc1ccc(Cl)c(CN2CC[C@@H](C(=O)O)C2)c1. The molecule has 1 fully saturated rings. The number of nitrogens with two attached hydrogens (primary N) is 1. The van der Waals surface area contributed by atoms with Gasteiger partial charge in [-0.1, -0.05) is 30.7 Å². The molecule has 11 heteroatoms. The van der Waals surface area contributed by atoms with E-state index >= 15 is 0 Å². The van der Waals surface area contributed by atoms with Crippen LogP contribution in [0.2, 0.25) is 5.02 Å². The van der Waals surface area contributed by atoms with E-state index in [0.29, 0.717) is 36.8 Å². The molecule has 0 unspecified atom stereocenters. The van der Waals surface area contributed by atoms with E-state index < -0.39 is 28.7 Å². The number of fused-ring (bicyclic) bond motifs is 7. The van der Waals surface area contributed by atoms with Gasteiger partial charge in [0, 0.05) is 23.8 Å². The van der Waals surface area contributed by atoms with Gasteiger partial charge in [-0.25, -0.2) is 9.80 Å². The van der Waals surface area contributed by atoms with Gasteiger partial charge in [0.15, 0.2) is 0 Å². The van der Waals surface area contributed by atoms with E-state index in [1.165, 1.54) is 11.8 Å². The maximum absolute atomic E-state index is 13.0. The fraction of sp³-hybridized carbons (Fsp3) is 0.462. The molecule has 3 aliphatic rings. The number of carboxylic acids is 1. The van der Waals surface area contributed by atoms with Gasteiger partial charge in [-0.15, -0.1) is 23.4 Å². The Balaban J connectivity index is 1.67. The Morgan fingerprint density at radius 3 is 2.65 bits per heavy atom. The molecule has 3 aliphatic heterocycles. The number of thioether (sulfide) groups is 1. The zero-order chi connectivity index (χ0) is 26.7. The van der Waals surface area contributed by atoms with E-state index in [2.05, 4.69) is 17.2 Å². The van der Waals surface area contributed by atoms with Crippen molar-refractivity contribution < 1.29 is 19.4 Å². The molecule has 37 heavy (non-hydrogen) atoms. The van der Waals surface area contributed by atoms with Gasteiger partial charge in [-0.2, -0.15) is 0 Å². The zero-order valence-electron chi connectivity index (χ0n) is 20.8. The normalized spacial score (nSPS) is 25.6. The number of esters is 1. The van der Waals surface area contributed by atoms with E-state index in [4.69, 9.17) is 33.7 Å². The molecule has 2 aromatic carbocycles. The first kappa shape index (κ1) is 28.0. The van der Waals surface area contributed by atoms with Crippen LogP contribution in [-0.2, 0) is 16.1 Å². The lowest BCUT2D eigenvalue weighted by atomic mass is 9.99. The summed E-state index contributed by atoms with van der Waals surface area (Å²) in [5, 5.41) is 11.9. The van der Waals surface area contributed by atoms with E-state index in [0.717, 1.165) is 23.2 Å². The van der Waals surface area contributed by atoms with E-state index in [-0.39, 0.29) is 12.0 Å². The number of halogens is 2. The molecule has 4 N–H and O–H groups in total. The number of nitrogens with zero attached hydrogens (tertiary/aromatic N) is 2. The number of benzene rings is 2. The van der Waals surface area contributed by atoms with Crippen LogP contribution in [0.1, 0.15) is 36.9 Å². The molecule has 0 spiro atoms. The monoisotopic (exact) mass is 566 g/mol. The van der Waals surface area contributed by atoms with Crippen molar-refractivity contribution in [2.45, 2.75) is 49.1 Å². The van der Waals surface area contributed by atoms with Crippen LogP contribution in [0, 0.1) is 5.92 Å². The van der Waals surface area contributed by atoms with Crippen LogP contribution in [0.25, 0.3) is 0 Å². The zero-order valence-corrected chi connectivity index (χ0v) is 23.1. The molecule has 200 valence electrons. The van der Waals surface area contributed by atoms with E-state index in [9.17, 15) is 14.7 Å². The molecule has 2 bridgehead atoms. The van der Waals surface area contributed by atoms with Crippen molar-refractivity contribution in [1.82, 2.24) is 9.91 Å². The number of hydrazine groups is 1. The number of alkyl halides is 1. The van der Waals surface area contributed by atoms with Crippen molar-refractivity contribution in [1.29, 1.82) is 0 Å². The third-order valence-corrected chi connectivity index (χ3v) is 8.87. The highest BCUT2D eigenvalue weighted by molar-refractivity contribution is 8.00. The minimum Gasteiger partial charge on any atom is -0.481 e. The lowest BCUT2D eigenvalue weighted by Gasteiger charge is -2.42. The van der Waals surface area contributed by atoms with Crippen molar-refractivity contribution in [3.05, 3.63) is 58.6 Å².